The van der Waals surface area contributed by atoms with Crippen molar-refractivity contribution < 1.29 is 0 Å². The number of rotatable bonds is 6. The van der Waals surface area contributed by atoms with Crippen LogP contribution in [0.5, 0.6) is 0 Å². The predicted octanol–water partition coefficient (Wildman–Crippen LogP) is 4.66. The van der Waals surface area contributed by atoms with Crippen LogP contribution in [0.1, 0.15) is 29.3 Å². The molecule has 1 aromatic heterocycles. The zero-order valence-electron chi connectivity index (χ0n) is 15.1. The van der Waals surface area contributed by atoms with E-state index < -0.39 is 0 Å². The van der Waals surface area contributed by atoms with E-state index in [0.717, 1.165) is 29.0 Å². The summed E-state index contributed by atoms with van der Waals surface area (Å²) in [6.07, 6.45) is 2.84. The largest absolute Gasteiger partial charge is 0.356 e. The van der Waals surface area contributed by atoms with Gasteiger partial charge in [0.2, 0.25) is 0 Å². The number of nitrogens with zero attached hydrogens (tertiary/aromatic N) is 2. The van der Waals surface area contributed by atoms with Gasteiger partial charge in [0.15, 0.2) is 5.96 Å². The average molecular weight is 493 g/mol. The number of hydrogen-bond donors (Lipinski definition) is 2. The van der Waals surface area contributed by atoms with Gasteiger partial charge in [-0.2, -0.15) is 0 Å². The molecule has 2 rings (SSSR count). The van der Waals surface area contributed by atoms with Gasteiger partial charge in [0.05, 0.1) is 6.54 Å². The van der Waals surface area contributed by atoms with E-state index in [1.807, 2.05) is 24.4 Å². The standard InChI is InChI=1S/C18H25ClN4S.HI/c1-13-10-21-16(24-13)11-22-17(20-4)23-12-18(2,3)9-14-6-5-7-15(19)8-14;/h5-8,10H,9,11-12H2,1-4H3,(H2,20,22,23);1H. The summed E-state index contributed by atoms with van der Waals surface area (Å²) in [6, 6.07) is 8.05. The second-order valence-electron chi connectivity index (χ2n) is 6.61. The fourth-order valence-electron chi connectivity index (χ4n) is 2.45. The second kappa shape index (κ2) is 10.3. The van der Waals surface area contributed by atoms with Gasteiger partial charge in [-0.15, -0.1) is 35.3 Å². The molecule has 0 atom stereocenters. The Hall–Kier alpha value is -0.860. The molecule has 138 valence electrons. The molecule has 0 bridgehead atoms. The van der Waals surface area contributed by atoms with Crippen molar-refractivity contribution in [2.24, 2.45) is 10.4 Å². The summed E-state index contributed by atoms with van der Waals surface area (Å²) in [6.45, 7) is 8.03. The molecule has 0 amide bonds. The van der Waals surface area contributed by atoms with Crippen LogP contribution in [0.3, 0.4) is 0 Å². The highest BCUT2D eigenvalue weighted by molar-refractivity contribution is 14.0. The Morgan fingerprint density at radius 1 is 1.32 bits per heavy atom. The molecule has 0 unspecified atom stereocenters. The smallest absolute Gasteiger partial charge is 0.191 e. The molecule has 7 heteroatoms. The molecule has 1 aromatic carbocycles. The Kier molecular flexibility index (Phi) is 9.16. The van der Waals surface area contributed by atoms with Crippen LogP contribution in [0.2, 0.25) is 5.02 Å². The van der Waals surface area contributed by atoms with Crippen LogP contribution in [-0.4, -0.2) is 24.5 Å². The van der Waals surface area contributed by atoms with E-state index in [-0.39, 0.29) is 29.4 Å². The molecule has 25 heavy (non-hydrogen) atoms. The van der Waals surface area contributed by atoms with Gasteiger partial charge in [-0.25, -0.2) is 4.98 Å². The van der Waals surface area contributed by atoms with E-state index in [9.17, 15) is 0 Å². The maximum Gasteiger partial charge on any atom is 0.191 e. The molecule has 0 saturated carbocycles. The fourth-order valence-corrected chi connectivity index (χ4v) is 3.39. The summed E-state index contributed by atoms with van der Waals surface area (Å²) >= 11 is 7.77. The van der Waals surface area contributed by atoms with Gasteiger partial charge in [0.1, 0.15) is 5.01 Å². The molecule has 0 aliphatic rings. The zero-order chi connectivity index (χ0) is 17.6. The number of aromatic nitrogens is 1. The summed E-state index contributed by atoms with van der Waals surface area (Å²) in [5.41, 5.74) is 1.33. The molecule has 0 fully saturated rings. The third kappa shape index (κ3) is 7.92. The molecule has 0 aliphatic heterocycles. The third-order valence-corrected chi connectivity index (χ3v) is 4.75. The first kappa shape index (κ1) is 22.2. The van der Waals surface area contributed by atoms with Crippen molar-refractivity contribution in [1.82, 2.24) is 15.6 Å². The van der Waals surface area contributed by atoms with E-state index in [1.165, 1.54) is 10.4 Å². The van der Waals surface area contributed by atoms with Crippen LogP contribution in [0.25, 0.3) is 0 Å². The number of guanidine groups is 1. The lowest BCUT2D eigenvalue weighted by molar-refractivity contribution is 0.359. The first-order chi connectivity index (χ1) is 11.4. The van der Waals surface area contributed by atoms with Crippen molar-refractivity contribution in [2.45, 2.75) is 33.7 Å². The Bertz CT molecular complexity index is 700. The van der Waals surface area contributed by atoms with Crippen LogP contribution < -0.4 is 10.6 Å². The lowest BCUT2D eigenvalue weighted by atomic mass is 9.86. The minimum Gasteiger partial charge on any atom is -0.356 e. The Balaban J connectivity index is 0.00000312. The predicted molar refractivity (Wildman–Crippen MR) is 119 cm³/mol. The fraction of sp³-hybridized carbons (Fsp3) is 0.444. The molecule has 0 spiro atoms. The van der Waals surface area contributed by atoms with Gasteiger partial charge in [-0.1, -0.05) is 37.6 Å². The molecule has 0 saturated heterocycles. The number of aryl methyl sites for hydroxylation is 1. The van der Waals surface area contributed by atoms with Crippen molar-refractivity contribution in [3.63, 3.8) is 0 Å². The number of thiazole rings is 1. The average Bonchev–Trinajstić information content (AvgIpc) is 2.92. The van der Waals surface area contributed by atoms with Crippen molar-refractivity contribution in [3.8, 4) is 0 Å². The van der Waals surface area contributed by atoms with Gasteiger partial charge < -0.3 is 10.6 Å². The molecule has 2 N–H and O–H groups in total. The highest BCUT2D eigenvalue weighted by atomic mass is 127. The second-order valence-corrected chi connectivity index (χ2v) is 8.37. The van der Waals surface area contributed by atoms with E-state index in [4.69, 9.17) is 11.6 Å². The van der Waals surface area contributed by atoms with Crippen molar-refractivity contribution in [3.05, 3.63) is 50.9 Å². The highest BCUT2D eigenvalue weighted by Gasteiger charge is 2.19. The van der Waals surface area contributed by atoms with Crippen LogP contribution in [0.4, 0.5) is 0 Å². The zero-order valence-corrected chi connectivity index (χ0v) is 19.0. The molecule has 1 heterocycles. The molecule has 0 radical (unpaired) electrons. The normalized spacial score (nSPS) is 11.8. The SMILES string of the molecule is CN=C(NCc1ncc(C)s1)NCC(C)(C)Cc1cccc(Cl)c1.I. The molecule has 2 aromatic rings. The molecular weight excluding hydrogens is 467 g/mol. The quantitative estimate of drug-likeness (QED) is 0.350. The monoisotopic (exact) mass is 492 g/mol. The summed E-state index contributed by atoms with van der Waals surface area (Å²) in [4.78, 5) is 9.86. The maximum atomic E-state index is 6.08. The summed E-state index contributed by atoms with van der Waals surface area (Å²) in [7, 11) is 1.78. The molecule has 0 aliphatic carbocycles. The van der Waals surface area contributed by atoms with Gasteiger partial charge in [0, 0.05) is 29.7 Å². The van der Waals surface area contributed by atoms with Gasteiger partial charge in [0.25, 0.3) is 0 Å². The topological polar surface area (TPSA) is 49.3 Å². The number of benzene rings is 1. The third-order valence-electron chi connectivity index (χ3n) is 3.61. The Morgan fingerprint density at radius 2 is 2.08 bits per heavy atom. The van der Waals surface area contributed by atoms with Crippen molar-refractivity contribution in [2.75, 3.05) is 13.6 Å². The molecule has 4 nitrogen and oxygen atoms in total. The van der Waals surface area contributed by atoms with E-state index in [2.05, 4.69) is 47.4 Å². The van der Waals surface area contributed by atoms with Crippen molar-refractivity contribution >= 4 is 52.9 Å². The summed E-state index contributed by atoms with van der Waals surface area (Å²) < 4.78 is 0. The minimum atomic E-state index is 0. The number of halogens is 2. The van der Waals surface area contributed by atoms with Crippen LogP contribution in [0.15, 0.2) is 35.5 Å². The minimum absolute atomic E-state index is 0. The lowest BCUT2D eigenvalue weighted by Gasteiger charge is -2.26. The van der Waals surface area contributed by atoms with Crippen molar-refractivity contribution in [1.29, 1.82) is 0 Å². The Labute approximate surface area is 176 Å². The van der Waals surface area contributed by atoms with Gasteiger partial charge in [-0.05, 0) is 36.5 Å². The summed E-state index contributed by atoms with van der Waals surface area (Å²) in [5.74, 6) is 0.794. The van der Waals surface area contributed by atoms with E-state index >= 15 is 0 Å². The first-order valence-electron chi connectivity index (χ1n) is 7.98. The molecular formula is C18H26ClIN4S. The Morgan fingerprint density at radius 3 is 2.68 bits per heavy atom. The van der Waals surface area contributed by atoms with Crippen LogP contribution in [0, 0.1) is 12.3 Å². The first-order valence-corrected chi connectivity index (χ1v) is 9.18. The number of hydrogen-bond acceptors (Lipinski definition) is 3. The van der Waals surface area contributed by atoms with Gasteiger partial charge >= 0.3 is 0 Å². The highest BCUT2D eigenvalue weighted by Crippen LogP contribution is 2.22. The number of nitrogens with one attached hydrogen (secondary N) is 2. The lowest BCUT2D eigenvalue weighted by Crippen LogP contribution is -2.42. The van der Waals surface area contributed by atoms with Crippen LogP contribution in [-0.2, 0) is 13.0 Å². The van der Waals surface area contributed by atoms with Crippen LogP contribution >= 0.6 is 46.9 Å². The van der Waals surface area contributed by atoms with Gasteiger partial charge in [-0.3, -0.25) is 4.99 Å². The summed E-state index contributed by atoms with van der Waals surface area (Å²) in [5, 5.41) is 8.56. The number of aliphatic imine (C=N–C) groups is 1. The van der Waals surface area contributed by atoms with E-state index in [1.54, 1.807) is 18.4 Å². The maximum absolute atomic E-state index is 6.08. The van der Waals surface area contributed by atoms with E-state index in [0.29, 0.717) is 6.54 Å².